The number of carbonyl (C=O) groups excluding carboxylic acids is 3. The molecule has 1 aliphatic heterocycles. The number of fused-ring (bicyclic) bond motifs is 3. The van der Waals surface area contributed by atoms with Crippen LogP contribution in [0, 0.1) is 28.6 Å². The van der Waals surface area contributed by atoms with Crippen LogP contribution in [-0.2, 0) is 19.1 Å². The quantitative estimate of drug-likeness (QED) is 0.466. The van der Waals surface area contributed by atoms with Crippen LogP contribution in [0.25, 0.3) is 0 Å². The number of imide groups is 1. The second-order valence-electron chi connectivity index (χ2n) is 10.8. The molecule has 0 aromatic carbocycles. The van der Waals surface area contributed by atoms with Crippen LogP contribution in [0.15, 0.2) is 23.3 Å². The SMILES string of the molecule is CC(C)C1=CC2=CCC3C(C)(C(=O)OCCN4C(=O)CCC4=O)CCCC3(C)C2CC1. The number of ether oxygens (including phenoxy) is 1. The lowest BCUT2D eigenvalue weighted by Crippen LogP contribution is -2.53. The Balaban J connectivity index is 1.48. The first kappa shape index (κ1) is 22.3. The average molecular weight is 428 g/mol. The molecule has 5 nitrogen and oxygen atoms in total. The summed E-state index contributed by atoms with van der Waals surface area (Å²) < 4.78 is 5.70. The molecule has 0 bridgehead atoms. The van der Waals surface area contributed by atoms with Gasteiger partial charge in [0.25, 0.3) is 0 Å². The molecular weight excluding hydrogens is 390 g/mol. The van der Waals surface area contributed by atoms with Crippen LogP contribution in [-0.4, -0.2) is 35.8 Å². The predicted octanol–water partition coefficient (Wildman–Crippen LogP) is 4.81. The average Bonchev–Trinajstić information content (AvgIpc) is 3.05. The van der Waals surface area contributed by atoms with Crippen molar-refractivity contribution in [3.8, 4) is 0 Å². The lowest BCUT2D eigenvalue weighted by Gasteiger charge is -2.57. The van der Waals surface area contributed by atoms with Gasteiger partial charge in [-0.2, -0.15) is 0 Å². The monoisotopic (exact) mass is 427 g/mol. The smallest absolute Gasteiger partial charge is 0.312 e. The van der Waals surface area contributed by atoms with Crippen molar-refractivity contribution in [2.75, 3.05) is 13.2 Å². The zero-order chi connectivity index (χ0) is 22.4. The molecule has 1 saturated heterocycles. The van der Waals surface area contributed by atoms with Gasteiger partial charge in [-0.15, -0.1) is 0 Å². The van der Waals surface area contributed by atoms with E-state index in [0.717, 1.165) is 32.1 Å². The fourth-order valence-corrected chi connectivity index (χ4v) is 6.86. The van der Waals surface area contributed by atoms with Gasteiger partial charge >= 0.3 is 5.97 Å². The minimum Gasteiger partial charge on any atom is -0.463 e. The van der Waals surface area contributed by atoms with E-state index in [1.165, 1.54) is 16.9 Å². The van der Waals surface area contributed by atoms with Crippen molar-refractivity contribution in [2.24, 2.45) is 28.6 Å². The maximum atomic E-state index is 13.3. The lowest BCUT2D eigenvalue weighted by atomic mass is 9.47. The van der Waals surface area contributed by atoms with E-state index in [-0.39, 0.29) is 55.1 Å². The molecular formula is C26H37NO4. The van der Waals surface area contributed by atoms with Crippen LogP contribution in [0.3, 0.4) is 0 Å². The van der Waals surface area contributed by atoms with Crippen molar-refractivity contribution < 1.29 is 19.1 Å². The third-order valence-corrected chi connectivity index (χ3v) is 8.75. The van der Waals surface area contributed by atoms with Gasteiger partial charge in [-0.3, -0.25) is 19.3 Å². The van der Waals surface area contributed by atoms with E-state index in [2.05, 4.69) is 39.8 Å². The summed E-state index contributed by atoms with van der Waals surface area (Å²) in [7, 11) is 0. The molecule has 31 heavy (non-hydrogen) atoms. The molecule has 3 aliphatic carbocycles. The van der Waals surface area contributed by atoms with Crippen molar-refractivity contribution in [3.63, 3.8) is 0 Å². The molecule has 0 N–H and O–H groups in total. The third kappa shape index (κ3) is 3.78. The van der Waals surface area contributed by atoms with E-state index in [9.17, 15) is 14.4 Å². The van der Waals surface area contributed by atoms with Crippen LogP contribution < -0.4 is 0 Å². The third-order valence-electron chi connectivity index (χ3n) is 8.75. The number of hydrogen-bond acceptors (Lipinski definition) is 4. The van der Waals surface area contributed by atoms with Crippen LogP contribution >= 0.6 is 0 Å². The second kappa shape index (κ2) is 8.22. The topological polar surface area (TPSA) is 63.7 Å². The Labute approximate surface area is 186 Å². The van der Waals surface area contributed by atoms with Crippen molar-refractivity contribution in [3.05, 3.63) is 23.3 Å². The molecule has 1 heterocycles. The van der Waals surface area contributed by atoms with Crippen molar-refractivity contribution in [1.82, 2.24) is 4.90 Å². The van der Waals surface area contributed by atoms with E-state index in [0.29, 0.717) is 11.8 Å². The summed E-state index contributed by atoms with van der Waals surface area (Å²) in [6.45, 7) is 9.31. The molecule has 4 atom stereocenters. The van der Waals surface area contributed by atoms with Crippen LogP contribution in [0.2, 0.25) is 0 Å². The van der Waals surface area contributed by atoms with E-state index in [1.54, 1.807) is 5.57 Å². The highest BCUT2D eigenvalue weighted by atomic mass is 16.5. The number of carbonyl (C=O) groups is 3. The summed E-state index contributed by atoms with van der Waals surface area (Å²) in [5.41, 5.74) is 2.62. The summed E-state index contributed by atoms with van der Waals surface area (Å²) in [5.74, 6) is 0.893. The van der Waals surface area contributed by atoms with Gasteiger partial charge in [-0.05, 0) is 67.8 Å². The first-order valence-electron chi connectivity index (χ1n) is 12.1. The van der Waals surface area contributed by atoms with Gasteiger partial charge in [0.05, 0.1) is 12.0 Å². The molecule has 0 aromatic rings. The molecule has 0 aromatic heterocycles. The normalized spacial score (nSPS) is 35.5. The molecule has 2 fully saturated rings. The number of likely N-dealkylation sites (tertiary alicyclic amines) is 1. The Kier molecular flexibility index (Phi) is 5.91. The molecule has 170 valence electrons. The zero-order valence-corrected chi connectivity index (χ0v) is 19.5. The standard InChI is InChI=1S/C26H37NO4/c1-17(2)18-6-8-20-19(16-18)7-9-21-25(20,3)12-5-13-26(21,4)24(30)31-15-14-27-22(28)10-11-23(27)29/h7,16-17,20-21H,5-6,8-15H2,1-4H3. The highest BCUT2D eigenvalue weighted by Gasteiger charge is 2.57. The van der Waals surface area contributed by atoms with Crippen molar-refractivity contribution in [2.45, 2.75) is 79.1 Å². The highest BCUT2D eigenvalue weighted by Crippen LogP contribution is 2.62. The van der Waals surface area contributed by atoms with Gasteiger partial charge in [0.2, 0.25) is 11.8 Å². The largest absolute Gasteiger partial charge is 0.463 e. The number of esters is 1. The Morgan fingerprint density at radius 2 is 1.87 bits per heavy atom. The molecule has 0 spiro atoms. The van der Waals surface area contributed by atoms with E-state index in [1.807, 2.05) is 0 Å². The van der Waals surface area contributed by atoms with E-state index in [4.69, 9.17) is 4.74 Å². The summed E-state index contributed by atoms with van der Waals surface area (Å²) in [4.78, 5) is 38.2. The minimum atomic E-state index is -0.518. The van der Waals surface area contributed by atoms with E-state index >= 15 is 0 Å². The highest BCUT2D eigenvalue weighted by molar-refractivity contribution is 6.01. The van der Waals surface area contributed by atoms with Gasteiger partial charge < -0.3 is 4.74 Å². The number of nitrogens with zero attached hydrogens (tertiary/aromatic N) is 1. The van der Waals surface area contributed by atoms with Gasteiger partial charge in [0.15, 0.2) is 0 Å². The Morgan fingerprint density at radius 3 is 2.55 bits per heavy atom. The van der Waals surface area contributed by atoms with E-state index < -0.39 is 5.41 Å². The molecule has 1 saturated carbocycles. The van der Waals surface area contributed by atoms with Crippen molar-refractivity contribution >= 4 is 17.8 Å². The Bertz CT molecular complexity index is 824. The fourth-order valence-electron chi connectivity index (χ4n) is 6.86. The van der Waals surface area contributed by atoms with Crippen LogP contribution in [0.4, 0.5) is 0 Å². The molecule has 2 amide bonds. The first-order chi connectivity index (χ1) is 14.7. The first-order valence-corrected chi connectivity index (χ1v) is 12.1. The predicted molar refractivity (Wildman–Crippen MR) is 119 cm³/mol. The second-order valence-corrected chi connectivity index (χ2v) is 10.8. The maximum Gasteiger partial charge on any atom is 0.312 e. The lowest BCUT2D eigenvalue weighted by molar-refractivity contribution is -0.170. The van der Waals surface area contributed by atoms with Gasteiger partial charge in [0, 0.05) is 12.8 Å². The van der Waals surface area contributed by atoms with Crippen LogP contribution in [0.5, 0.6) is 0 Å². The van der Waals surface area contributed by atoms with Crippen LogP contribution in [0.1, 0.15) is 79.1 Å². The number of allylic oxidation sites excluding steroid dienone is 4. The molecule has 4 unspecified atom stereocenters. The Hall–Kier alpha value is -1.91. The van der Waals surface area contributed by atoms with Gasteiger partial charge in [-0.1, -0.05) is 44.9 Å². The fraction of sp³-hybridized carbons (Fsp3) is 0.731. The number of rotatable bonds is 5. The van der Waals surface area contributed by atoms with Crippen molar-refractivity contribution in [1.29, 1.82) is 0 Å². The summed E-state index contributed by atoms with van der Waals surface area (Å²) in [5, 5.41) is 0. The van der Waals surface area contributed by atoms with Gasteiger partial charge in [-0.25, -0.2) is 0 Å². The molecule has 4 aliphatic rings. The van der Waals surface area contributed by atoms with Gasteiger partial charge in [0.1, 0.15) is 6.61 Å². The zero-order valence-electron chi connectivity index (χ0n) is 19.5. The molecule has 5 heteroatoms. The molecule has 0 radical (unpaired) electrons. The summed E-state index contributed by atoms with van der Waals surface area (Å²) in [6, 6.07) is 0. The Morgan fingerprint density at radius 1 is 1.16 bits per heavy atom. The number of amides is 2. The molecule has 4 rings (SSSR count). The summed E-state index contributed by atoms with van der Waals surface area (Å²) >= 11 is 0. The maximum absolute atomic E-state index is 13.3. The number of hydrogen-bond donors (Lipinski definition) is 0. The summed E-state index contributed by atoms with van der Waals surface area (Å²) in [6.07, 6.45) is 11.6. The minimum absolute atomic E-state index is 0.0976.